The minimum Gasteiger partial charge on any atom is -0.323 e. The van der Waals surface area contributed by atoms with E-state index in [2.05, 4.69) is 27.6 Å². The number of nitrogens with zero attached hydrogens (tertiary/aromatic N) is 1. The summed E-state index contributed by atoms with van der Waals surface area (Å²) in [6.45, 7) is 7.19. The molecule has 1 fully saturated rings. The van der Waals surface area contributed by atoms with Crippen molar-refractivity contribution in [2.24, 2.45) is 0 Å². The van der Waals surface area contributed by atoms with E-state index >= 15 is 0 Å². The highest BCUT2D eigenvalue weighted by molar-refractivity contribution is 4.89. The SMILES string of the molecule is C=C(C)C[N+](C)(C)C1CC1. The summed E-state index contributed by atoms with van der Waals surface area (Å²) >= 11 is 0. The molecule has 0 amide bonds. The predicted octanol–water partition coefficient (Wildman–Crippen LogP) is 1.80. The van der Waals surface area contributed by atoms with Gasteiger partial charge in [0.25, 0.3) is 0 Å². The van der Waals surface area contributed by atoms with Gasteiger partial charge in [0.05, 0.1) is 26.7 Å². The Balaban J connectivity index is 2.41. The van der Waals surface area contributed by atoms with Crippen LogP contribution in [0.15, 0.2) is 12.2 Å². The first kappa shape index (κ1) is 7.80. The minimum absolute atomic E-state index is 0.927. The molecule has 0 heterocycles. The summed E-state index contributed by atoms with van der Waals surface area (Å²) in [6.07, 6.45) is 2.83. The third kappa shape index (κ3) is 1.84. The van der Waals surface area contributed by atoms with E-state index in [4.69, 9.17) is 0 Å². The lowest BCUT2D eigenvalue weighted by Crippen LogP contribution is -2.42. The molecule has 1 aliphatic carbocycles. The molecule has 1 aliphatic rings. The van der Waals surface area contributed by atoms with Crippen molar-refractivity contribution in [2.75, 3.05) is 20.6 Å². The summed E-state index contributed by atoms with van der Waals surface area (Å²) in [4.78, 5) is 0. The van der Waals surface area contributed by atoms with Crippen LogP contribution in [0.4, 0.5) is 0 Å². The maximum Gasteiger partial charge on any atom is 0.0995 e. The second kappa shape index (κ2) is 2.39. The molecule has 0 aromatic heterocycles. The van der Waals surface area contributed by atoms with Gasteiger partial charge in [-0.1, -0.05) is 6.58 Å². The van der Waals surface area contributed by atoms with Crippen LogP contribution in [0, 0.1) is 0 Å². The Labute approximate surface area is 63.9 Å². The number of hydrogen-bond donors (Lipinski definition) is 0. The second-order valence-electron chi connectivity index (χ2n) is 4.13. The molecule has 0 unspecified atom stereocenters. The molecule has 0 aromatic rings. The summed E-state index contributed by atoms with van der Waals surface area (Å²) in [5.74, 6) is 0. The third-order valence-corrected chi connectivity index (χ3v) is 2.21. The predicted molar refractivity (Wildman–Crippen MR) is 44.8 cm³/mol. The molecule has 0 atom stereocenters. The molecule has 58 valence electrons. The third-order valence-electron chi connectivity index (χ3n) is 2.21. The van der Waals surface area contributed by atoms with Gasteiger partial charge in [-0.25, -0.2) is 0 Å². The van der Waals surface area contributed by atoms with Crippen molar-refractivity contribution < 1.29 is 4.48 Å². The van der Waals surface area contributed by atoms with E-state index in [9.17, 15) is 0 Å². The van der Waals surface area contributed by atoms with Crippen molar-refractivity contribution in [3.8, 4) is 0 Å². The largest absolute Gasteiger partial charge is 0.323 e. The Kier molecular flexibility index (Phi) is 1.86. The summed E-state index contributed by atoms with van der Waals surface area (Å²) < 4.78 is 1.15. The zero-order valence-corrected chi connectivity index (χ0v) is 7.35. The quantitative estimate of drug-likeness (QED) is 0.414. The van der Waals surface area contributed by atoms with Gasteiger partial charge in [0.15, 0.2) is 0 Å². The lowest BCUT2D eigenvalue weighted by Gasteiger charge is -2.29. The molecule has 0 bridgehead atoms. The molecule has 0 spiro atoms. The Bertz CT molecular complexity index is 143. The molecule has 1 heteroatoms. The molecular formula is C9H18N+. The number of quaternary nitrogens is 1. The average Bonchev–Trinajstić information content (AvgIpc) is 2.35. The van der Waals surface area contributed by atoms with Gasteiger partial charge in [-0.05, 0) is 12.5 Å². The molecule has 0 radical (unpaired) electrons. The molecule has 0 aliphatic heterocycles. The van der Waals surface area contributed by atoms with Crippen molar-refractivity contribution in [1.29, 1.82) is 0 Å². The van der Waals surface area contributed by atoms with Crippen molar-refractivity contribution in [3.63, 3.8) is 0 Å². The fourth-order valence-electron chi connectivity index (χ4n) is 1.60. The second-order valence-corrected chi connectivity index (χ2v) is 4.13. The van der Waals surface area contributed by atoms with Gasteiger partial charge in [-0.15, -0.1) is 0 Å². The fourth-order valence-corrected chi connectivity index (χ4v) is 1.60. The van der Waals surface area contributed by atoms with Gasteiger partial charge in [-0.2, -0.15) is 0 Å². The van der Waals surface area contributed by atoms with E-state index in [-0.39, 0.29) is 0 Å². The Morgan fingerprint density at radius 1 is 1.50 bits per heavy atom. The molecule has 0 saturated heterocycles. The molecule has 1 saturated carbocycles. The monoisotopic (exact) mass is 140 g/mol. The summed E-state index contributed by atoms with van der Waals surface area (Å²) in [7, 11) is 4.60. The highest BCUT2D eigenvalue weighted by atomic mass is 15.3. The van der Waals surface area contributed by atoms with Crippen LogP contribution < -0.4 is 0 Å². The number of rotatable bonds is 3. The lowest BCUT2D eigenvalue weighted by molar-refractivity contribution is -0.896. The number of likely N-dealkylation sites (N-methyl/N-ethyl adjacent to an activating group) is 1. The molecule has 10 heavy (non-hydrogen) atoms. The summed E-state index contributed by atoms with van der Waals surface area (Å²) in [5, 5.41) is 0. The number of hydrogen-bond acceptors (Lipinski definition) is 0. The zero-order valence-electron chi connectivity index (χ0n) is 7.35. The van der Waals surface area contributed by atoms with Crippen molar-refractivity contribution in [3.05, 3.63) is 12.2 Å². The van der Waals surface area contributed by atoms with E-state index in [1.165, 1.54) is 18.4 Å². The van der Waals surface area contributed by atoms with Crippen molar-refractivity contribution in [1.82, 2.24) is 0 Å². The van der Waals surface area contributed by atoms with Crippen LogP contribution in [-0.4, -0.2) is 31.2 Å². The van der Waals surface area contributed by atoms with E-state index in [1.54, 1.807) is 0 Å². The average molecular weight is 140 g/mol. The molecule has 1 rings (SSSR count). The first-order valence-corrected chi connectivity index (χ1v) is 3.99. The van der Waals surface area contributed by atoms with Gasteiger partial charge in [0.1, 0.15) is 0 Å². The maximum absolute atomic E-state index is 3.93. The van der Waals surface area contributed by atoms with Crippen molar-refractivity contribution in [2.45, 2.75) is 25.8 Å². The highest BCUT2D eigenvalue weighted by Crippen LogP contribution is 2.30. The van der Waals surface area contributed by atoms with Crippen LogP contribution in [0.5, 0.6) is 0 Å². The minimum atomic E-state index is 0.927. The van der Waals surface area contributed by atoms with Gasteiger partial charge in [0.2, 0.25) is 0 Å². The van der Waals surface area contributed by atoms with E-state index in [1.807, 2.05) is 0 Å². The van der Waals surface area contributed by atoms with Crippen LogP contribution in [0.25, 0.3) is 0 Å². The van der Waals surface area contributed by atoms with Crippen LogP contribution in [0.3, 0.4) is 0 Å². The standard InChI is InChI=1S/C9H18N/c1-8(2)7-10(3,4)9-5-6-9/h9H,1,5-7H2,2-4H3/q+1. The normalized spacial score (nSPS) is 19.1. The van der Waals surface area contributed by atoms with E-state index < -0.39 is 0 Å². The van der Waals surface area contributed by atoms with Gasteiger partial charge >= 0.3 is 0 Å². The smallest absolute Gasteiger partial charge is 0.0995 e. The van der Waals surface area contributed by atoms with Crippen LogP contribution >= 0.6 is 0 Å². The Morgan fingerprint density at radius 2 is 2.00 bits per heavy atom. The van der Waals surface area contributed by atoms with Crippen LogP contribution in [0.2, 0.25) is 0 Å². The first-order chi connectivity index (χ1) is 4.52. The molecule has 0 aromatic carbocycles. The topological polar surface area (TPSA) is 0 Å². The molecule has 1 nitrogen and oxygen atoms in total. The van der Waals surface area contributed by atoms with E-state index in [0.29, 0.717) is 0 Å². The van der Waals surface area contributed by atoms with Crippen LogP contribution in [-0.2, 0) is 0 Å². The van der Waals surface area contributed by atoms with Crippen molar-refractivity contribution >= 4 is 0 Å². The van der Waals surface area contributed by atoms with Gasteiger partial charge in [0, 0.05) is 12.8 Å². The Morgan fingerprint density at radius 3 is 2.30 bits per heavy atom. The summed E-state index contributed by atoms with van der Waals surface area (Å²) in [6, 6.07) is 0.927. The lowest BCUT2D eigenvalue weighted by atomic mass is 10.3. The molecular weight excluding hydrogens is 122 g/mol. The summed E-state index contributed by atoms with van der Waals surface area (Å²) in [5.41, 5.74) is 1.30. The van der Waals surface area contributed by atoms with E-state index in [0.717, 1.165) is 17.1 Å². The zero-order chi connectivity index (χ0) is 7.78. The molecule has 0 N–H and O–H groups in total. The maximum atomic E-state index is 3.93. The highest BCUT2D eigenvalue weighted by Gasteiger charge is 2.37. The Hall–Kier alpha value is -0.300. The van der Waals surface area contributed by atoms with Gasteiger partial charge in [-0.3, -0.25) is 0 Å². The fraction of sp³-hybridized carbons (Fsp3) is 0.778. The first-order valence-electron chi connectivity index (χ1n) is 3.99. The van der Waals surface area contributed by atoms with Gasteiger partial charge < -0.3 is 4.48 Å². The van der Waals surface area contributed by atoms with Crippen LogP contribution in [0.1, 0.15) is 19.8 Å².